The molecule has 5 nitrogen and oxygen atoms in total. The molecule has 72 valence electrons. The van der Waals surface area contributed by atoms with E-state index in [0.29, 0.717) is 13.2 Å². The molecule has 1 heterocycles. The number of rotatable bonds is 2. The molecule has 0 spiro atoms. The maximum absolute atomic E-state index is 11.3. The standard InChI is InChI=1S/C8H12N2O3/c1-3-10-7(11)5-6(13-4-2)9-8(10)12/h3-5H2,1-2H3. The Labute approximate surface area is 76.4 Å². The minimum Gasteiger partial charge on any atom is -0.481 e. The topological polar surface area (TPSA) is 59.0 Å². The second-order valence-electron chi connectivity index (χ2n) is 2.54. The zero-order valence-corrected chi connectivity index (χ0v) is 7.74. The molecular weight excluding hydrogens is 172 g/mol. The van der Waals surface area contributed by atoms with Crippen molar-refractivity contribution in [3.05, 3.63) is 0 Å². The predicted molar refractivity (Wildman–Crippen MR) is 46.5 cm³/mol. The van der Waals surface area contributed by atoms with Crippen LogP contribution in [0, 0.1) is 0 Å². The van der Waals surface area contributed by atoms with Crippen molar-refractivity contribution in [2.45, 2.75) is 20.3 Å². The highest BCUT2D eigenvalue weighted by Gasteiger charge is 2.27. The minimum absolute atomic E-state index is 0.0907. The summed E-state index contributed by atoms with van der Waals surface area (Å²) in [5.74, 6) is -0.0202. The van der Waals surface area contributed by atoms with Crippen LogP contribution in [0.5, 0.6) is 0 Å². The van der Waals surface area contributed by atoms with Gasteiger partial charge in [0.15, 0.2) is 0 Å². The van der Waals surface area contributed by atoms with E-state index in [9.17, 15) is 9.59 Å². The number of urea groups is 1. The number of nitrogens with zero attached hydrogens (tertiary/aromatic N) is 2. The highest BCUT2D eigenvalue weighted by Crippen LogP contribution is 2.07. The fraction of sp³-hybridized carbons (Fsp3) is 0.625. The predicted octanol–water partition coefficient (Wildman–Crippen LogP) is 0.794. The first-order chi connectivity index (χ1) is 6.19. The van der Waals surface area contributed by atoms with Crippen molar-refractivity contribution in [1.82, 2.24) is 4.90 Å². The van der Waals surface area contributed by atoms with Gasteiger partial charge < -0.3 is 4.74 Å². The molecule has 0 saturated heterocycles. The third-order valence-corrected chi connectivity index (χ3v) is 1.68. The molecule has 0 N–H and O–H groups in total. The Kier molecular flexibility index (Phi) is 3.00. The van der Waals surface area contributed by atoms with E-state index >= 15 is 0 Å². The molecule has 0 fully saturated rings. The second-order valence-corrected chi connectivity index (χ2v) is 2.54. The van der Waals surface area contributed by atoms with Crippen molar-refractivity contribution < 1.29 is 14.3 Å². The molecule has 0 saturated carbocycles. The molecule has 13 heavy (non-hydrogen) atoms. The summed E-state index contributed by atoms with van der Waals surface area (Å²) in [7, 11) is 0. The first-order valence-corrected chi connectivity index (χ1v) is 4.23. The quantitative estimate of drug-likeness (QED) is 0.637. The van der Waals surface area contributed by atoms with Crippen LogP contribution in [0.15, 0.2) is 4.99 Å². The van der Waals surface area contributed by atoms with E-state index in [1.165, 1.54) is 0 Å². The van der Waals surface area contributed by atoms with Gasteiger partial charge in [-0.05, 0) is 13.8 Å². The molecular formula is C8H12N2O3. The molecule has 0 bridgehead atoms. The third kappa shape index (κ3) is 2.05. The van der Waals surface area contributed by atoms with Gasteiger partial charge in [0.2, 0.25) is 11.8 Å². The Morgan fingerprint density at radius 2 is 2.15 bits per heavy atom. The summed E-state index contributed by atoms with van der Waals surface area (Å²) in [5, 5.41) is 0. The number of hydrogen-bond donors (Lipinski definition) is 0. The van der Waals surface area contributed by atoms with Crippen LogP contribution in [-0.2, 0) is 9.53 Å². The van der Waals surface area contributed by atoms with Crippen LogP contribution in [-0.4, -0.2) is 35.9 Å². The maximum Gasteiger partial charge on any atom is 0.353 e. The van der Waals surface area contributed by atoms with E-state index in [1.807, 2.05) is 0 Å². The largest absolute Gasteiger partial charge is 0.481 e. The molecule has 1 aliphatic heterocycles. The van der Waals surface area contributed by atoms with Gasteiger partial charge in [0.25, 0.3) is 0 Å². The van der Waals surface area contributed by atoms with Crippen LogP contribution in [0.2, 0.25) is 0 Å². The molecule has 1 rings (SSSR count). The lowest BCUT2D eigenvalue weighted by Crippen LogP contribution is -2.40. The third-order valence-electron chi connectivity index (χ3n) is 1.68. The Bertz CT molecular complexity index is 260. The lowest BCUT2D eigenvalue weighted by Gasteiger charge is -2.21. The van der Waals surface area contributed by atoms with Crippen molar-refractivity contribution in [1.29, 1.82) is 0 Å². The Morgan fingerprint density at radius 1 is 1.46 bits per heavy atom. The Morgan fingerprint density at radius 3 is 2.62 bits per heavy atom. The highest BCUT2D eigenvalue weighted by molar-refractivity contribution is 6.11. The summed E-state index contributed by atoms with van der Waals surface area (Å²) in [6.45, 7) is 4.30. The molecule has 1 aliphatic rings. The molecule has 0 aromatic carbocycles. The van der Waals surface area contributed by atoms with Crippen molar-refractivity contribution >= 4 is 17.8 Å². The average Bonchev–Trinajstić information content (AvgIpc) is 2.04. The summed E-state index contributed by atoms with van der Waals surface area (Å²) < 4.78 is 5.00. The first-order valence-electron chi connectivity index (χ1n) is 4.23. The second kappa shape index (κ2) is 4.02. The van der Waals surface area contributed by atoms with Crippen molar-refractivity contribution in [3.63, 3.8) is 0 Å². The molecule has 0 aromatic rings. The fourth-order valence-electron chi connectivity index (χ4n) is 1.10. The van der Waals surface area contributed by atoms with E-state index in [2.05, 4.69) is 4.99 Å². The van der Waals surface area contributed by atoms with Crippen molar-refractivity contribution in [2.24, 2.45) is 4.99 Å². The molecule has 0 atom stereocenters. The zero-order chi connectivity index (χ0) is 9.84. The summed E-state index contributed by atoms with van der Waals surface area (Å²) in [4.78, 5) is 27.2. The Balaban J connectivity index is 2.75. The smallest absolute Gasteiger partial charge is 0.353 e. The van der Waals surface area contributed by atoms with Gasteiger partial charge in [-0.2, -0.15) is 4.99 Å². The number of amides is 3. The molecule has 0 radical (unpaired) electrons. The molecule has 0 aliphatic carbocycles. The number of carbonyl (C=O) groups excluding carboxylic acids is 2. The highest BCUT2D eigenvalue weighted by atomic mass is 16.5. The first kappa shape index (κ1) is 9.70. The zero-order valence-electron chi connectivity index (χ0n) is 7.74. The van der Waals surface area contributed by atoms with Crippen LogP contribution in [0.3, 0.4) is 0 Å². The van der Waals surface area contributed by atoms with Gasteiger partial charge in [-0.3, -0.25) is 9.69 Å². The molecule has 0 unspecified atom stereocenters. The number of hydrogen-bond acceptors (Lipinski definition) is 3. The lowest BCUT2D eigenvalue weighted by atomic mass is 10.3. The average molecular weight is 184 g/mol. The van der Waals surface area contributed by atoms with E-state index in [0.717, 1.165) is 4.90 Å². The Hall–Kier alpha value is -1.39. The van der Waals surface area contributed by atoms with Gasteiger partial charge in [0, 0.05) is 6.54 Å². The van der Waals surface area contributed by atoms with E-state index < -0.39 is 6.03 Å². The van der Waals surface area contributed by atoms with Crippen LogP contribution in [0.4, 0.5) is 4.79 Å². The van der Waals surface area contributed by atoms with Crippen molar-refractivity contribution in [3.8, 4) is 0 Å². The number of aliphatic imine (C=N–C) groups is 1. The van der Waals surface area contributed by atoms with Gasteiger partial charge in [-0.15, -0.1) is 0 Å². The number of carbonyl (C=O) groups is 2. The fourth-order valence-corrected chi connectivity index (χ4v) is 1.10. The lowest BCUT2D eigenvalue weighted by molar-refractivity contribution is -0.127. The molecule has 0 aromatic heterocycles. The summed E-state index contributed by atoms with van der Waals surface area (Å²) >= 11 is 0. The van der Waals surface area contributed by atoms with Gasteiger partial charge >= 0.3 is 6.03 Å². The van der Waals surface area contributed by atoms with Crippen molar-refractivity contribution in [2.75, 3.05) is 13.2 Å². The van der Waals surface area contributed by atoms with Crippen LogP contribution in [0.25, 0.3) is 0 Å². The van der Waals surface area contributed by atoms with E-state index in [-0.39, 0.29) is 18.2 Å². The number of imide groups is 1. The maximum atomic E-state index is 11.3. The van der Waals surface area contributed by atoms with Crippen LogP contribution >= 0.6 is 0 Å². The van der Waals surface area contributed by atoms with Gasteiger partial charge in [0.05, 0.1) is 6.61 Å². The minimum atomic E-state index is -0.526. The van der Waals surface area contributed by atoms with Crippen LogP contribution < -0.4 is 0 Å². The van der Waals surface area contributed by atoms with Gasteiger partial charge in [-0.1, -0.05) is 0 Å². The molecule has 5 heteroatoms. The summed E-state index contributed by atoms with van der Waals surface area (Å²) in [6.07, 6.45) is 0.0907. The SMILES string of the molecule is CCOC1=NC(=O)N(CC)C(=O)C1. The monoisotopic (exact) mass is 184 g/mol. The van der Waals surface area contributed by atoms with E-state index in [4.69, 9.17) is 4.74 Å². The normalized spacial score (nSPS) is 17.4. The molecule has 3 amide bonds. The van der Waals surface area contributed by atoms with Crippen LogP contribution in [0.1, 0.15) is 20.3 Å². The summed E-state index contributed by atoms with van der Waals surface area (Å²) in [6, 6.07) is -0.526. The summed E-state index contributed by atoms with van der Waals surface area (Å²) in [5.41, 5.74) is 0. The van der Waals surface area contributed by atoms with Gasteiger partial charge in [0.1, 0.15) is 6.42 Å². The van der Waals surface area contributed by atoms with Gasteiger partial charge in [-0.25, -0.2) is 4.79 Å². The van der Waals surface area contributed by atoms with E-state index in [1.54, 1.807) is 13.8 Å². The number of ether oxygens (including phenoxy) is 1.